The zero-order valence-corrected chi connectivity index (χ0v) is 14.9. The van der Waals surface area contributed by atoms with Gasteiger partial charge in [0.1, 0.15) is 5.76 Å². The van der Waals surface area contributed by atoms with Gasteiger partial charge in [-0.3, -0.25) is 14.9 Å². The molecule has 3 amide bonds. The summed E-state index contributed by atoms with van der Waals surface area (Å²) >= 11 is 0. The Labute approximate surface area is 155 Å². The van der Waals surface area contributed by atoms with E-state index in [1.54, 1.807) is 30.3 Å². The lowest BCUT2D eigenvalue weighted by atomic mass is 10.1. The van der Waals surface area contributed by atoms with Crippen molar-refractivity contribution in [2.45, 2.75) is 13.0 Å². The highest BCUT2D eigenvalue weighted by Crippen LogP contribution is 2.27. The van der Waals surface area contributed by atoms with E-state index in [0.29, 0.717) is 22.8 Å². The quantitative estimate of drug-likeness (QED) is 0.669. The molecule has 144 valence electrons. The maximum Gasteiger partial charge on any atom is 0.321 e. The van der Waals surface area contributed by atoms with Crippen LogP contribution in [0.15, 0.2) is 41.0 Å². The maximum atomic E-state index is 11.9. The third-order valence-electron chi connectivity index (χ3n) is 3.42. The van der Waals surface area contributed by atoms with Gasteiger partial charge in [-0.1, -0.05) is 6.07 Å². The molecule has 0 spiro atoms. The molecule has 27 heavy (non-hydrogen) atoms. The van der Waals surface area contributed by atoms with Gasteiger partial charge >= 0.3 is 12.0 Å². The number of imide groups is 1. The van der Waals surface area contributed by atoms with Crippen LogP contribution in [0.4, 0.5) is 4.79 Å². The highest BCUT2D eigenvalue weighted by Gasteiger charge is 2.13. The topological polar surface area (TPSA) is 116 Å². The molecule has 0 atom stereocenters. The summed E-state index contributed by atoms with van der Waals surface area (Å²) < 4.78 is 20.2. The summed E-state index contributed by atoms with van der Waals surface area (Å²) in [6.45, 7) is -0.439. The Morgan fingerprint density at radius 3 is 2.52 bits per heavy atom. The standard InChI is InChI=1S/C18H20N2O7/c1-24-14-6-5-12(8-15(14)25-2)9-17(22)27-11-16(21)20-18(23)19-10-13-4-3-7-26-13/h3-8H,9-11H2,1-2H3,(H2,19,20,21,23). The summed E-state index contributed by atoms with van der Waals surface area (Å²) in [7, 11) is 3.00. The molecule has 0 aliphatic carbocycles. The number of nitrogens with one attached hydrogen (secondary N) is 2. The number of hydrogen-bond donors (Lipinski definition) is 2. The van der Waals surface area contributed by atoms with Crippen molar-refractivity contribution in [2.75, 3.05) is 20.8 Å². The first-order valence-electron chi connectivity index (χ1n) is 7.98. The van der Waals surface area contributed by atoms with Gasteiger partial charge in [0.05, 0.1) is 33.4 Å². The fourth-order valence-electron chi connectivity index (χ4n) is 2.14. The van der Waals surface area contributed by atoms with Crippen LogP contribution in [0.1, 0.15) is 11.3 Å². The smallest absolute Gasteiger partial charge is 0.321 e. The highest BCUT2D eigenvalue weighted by molar-refractivity contribution is 5.95. The van der Waals surface area contributed by atoms with E-state index < -0.39 is 24.5 Å². The Morgan fingerprint density at radius 2 is 1.85 bits per heavy atom. The molecule has 1 aromatic heterocycles. The van der Waals surface area contributed by atoms with E-state index in [0.717, 1.165) is 0 Å². The Bertz CT molecular complexity index is 787. The average molecular weight is 376 g/mol. The molecule has 0 radical (unpaired) electrons. The molecule has 0 unspecified atom stereocenters. The number of rotatable bonds is 8. The number of methoxy groups -OCH3 is 2. The third kappa shape index (κ3) is 6.38. The van der Waals surface area contributed by atoms with Crippen LogP contribution in [-0.4, -0.2) is 38.7 Å². The molecule has 9 nitrogen and oxygen atoms in total. The maximum absolute atomic E-state index is 11.9. The molecule has 1 aromatic carbocycles. The van der Waals surface area contributed by atoms with Gasteiger partial charge in [-0.2, -0.15) is 0 Å². The van der Waals surface area contributed by atoms with Crippen LogP contribution in [0, 0.1) is 0 Å². The van der Waals surface area contributed by atoms with E-state index in [-0.39, 0.29) is 13.0 Å². The molecule has 0 saturated carbocycles. The summed E-state index contributed by atoms with van der Waals surface area (Å²) in [6.07, 6.45) is 1.41. The number of furan rings is 1. The molecular formula is C18H20N2O7. The molecule has 0 fully saturated rings. The third-order valence-corrected chi connectivity index (χ3v) is 3.42. The lowest BCUT2D eigenvalue weighted by molar-refractivity contribution is -0.147. The second-order valence-electron chi connectivity index (χ2n) is 5.34. The first-order chi connectivity index (χ1) is 13.0. The summed E-state index contributed by atoms with van der Waals surface area (Å²) in [6, 6.07) is 7.63. The number of urea groups is 1. The Kier molecular flexibility index (Phi) is 7.24. The zero-order valence-electron chi connectivity index (χ0n) is 14.9. The van der Waals surface area contributed by atoms with Gasteiger partial charge in [0.15, 0.2) is 18.1 Å². The van der Waals surface area contributed by atoms with Crippen LogP contribution in [0.3, 0.4) is 0 Å². The summed E-state index contributed by atoms with van der Waals surface area (Å²) in [5, 5.41) is 4.49. The molecule has 2 N–H and O–H groups in total. The number of benzene rings is 1. The number of esters is 1. The van der Waals surface area contributed by atoms with E-state index in [1.165, 1.54) is 20.5 Å². The van der Waals surface area contributed by atoms with Crippen LogP contribution in [0.5, 0.6) is 11.5 Å². The van der Waals surface area contributed by atoms with Crippen molar-refractivity contribution in [3.8, 4) is 11.5 Å². The number of hydrogen-bond acceptors (Lipinski definition) is 7. The molecule has 9 heteroatoms. The number of carbonyl (C=O) groups is 3. The number of ether oxygens (including phenoxy) is 3. The monoisotopic (exact) mass is 376 g/mol. The molecule has 0 saturated heterocycles. The van der Waals surface area contributed by atoms with Gasteiger partial charge in [-0.15, -0.1) is 0 Å². The molecule has 0 aliphatic rings. The van der Waals surface area contributed by atoms with Gasteiger partial charge in [-0.05, 0) is 29.8 Å². The van der Waals surface area contributed by atoms with Crippen molar-refractivity contribution in [3.63, 3.8) is 0 Å². The lowest BCUT2D eigenvalue weighted by Gasteiger charge is -2.10. The largest absolute Gasteiger partial charge is 0.493 e. The predicted octanol–water partition coefficient (Wildman–Crippen LogP) is 1.41. The van der Waals surface area contributed by atoms with Gasteiger partial charge in [0.2, 0.25) is 0 Å². The van der Waals surface area contributed by atoms with Crippen LogP contribution >= 0.6 is 0 Å². The molecule has 2 rings (SSSR count). The summed E-state index contributed by atoms with van der Waals surface area (Å²) in [4.78, 5) is 35.1. The first kappa shape index (κ1) is 19.8. The van der Waals surface area contributed by atoms with E-state index in [2.05, 4.69) is 10.6 Å². The summed E-state index contributed by atoms with van der Waals surface area (Å²) in [5.74, 6) is 0.197. The SMILES string of the molecule is COc1ccc(CC(=O)OCC(=O)NC(=O)NCc2ccco2)cc1OC. The Morgan fingerprint density at radius 1 is 1.07 bits per heavy atom. The fraction of sp³-hybridized carbons (Fsp3) is 0.278. The average Bonchev–Trinajstić information content (AvgIpc) is 3.18. The normalized spacial score (nSPS) is 10.0. The minimum Gasteiger partial charge on any atom is -0.493 e. The minimum atomic E-state index is -0.743. The second kappa shape index (κ2) is 9.85. The lowest BCUT2D eigenvalue weighted by Crippen LogP contribution is -2.41. The molecule has 1 heterocycles. The van der Waals surface area contributed by atoms with E-state index in [9.17, 15) is 14.4 Å². The molecule has 2 aromatic rings. The van der Waals surface area contributed by atoms with E-state index in [4.69, 9.17) is 18.6 Å². The summed E-state index contributed by atoms with van der Waals surface area (Å²) in [5.41, 5.74) is 0.634. The molecular weight excluding hydrogens is 356 g/mol. The van der Waals surface area contributed by atoms with Crippen LogP contribution in [0.2, 0.25) is 0 Å². The van der Waals surface area contributed by atoms with Crippen LogP contribution in [0.25, 0.3) is 0 Å². The van der Waals surface area contributed by atoms with Gasteiger partial charge in [0, 0.05) is 0 Å². The number of carbonyl (C=O) groups excluding carboxylic acids is 3. The van der Waals surface area contributed by atoms with Crippen molar-refractivity contribution in [2.24, 2.45) is 0 Å². The van der Waals surface area contributed by atoms with Crippen LogP contribution < -0.4 is 20.1 Å². The second-order valence-corrected chi connectivity index (χ2v) is 5.34. The first-order valence-corrected chi connectivity index (χ1v) is 7.98. The predicted molar refractivity (Wildman–Crippen MR) is 93.3 cm³/mol. The fourth-order valence-corrected chi connectivity index (χ4v) is 2.14. The number of amides is 3. The van der Waals surface area contributed by atoms with Crippen molar-refractivity contribution < 1.29 is 33.0 Å². The van der Waals surface area contributed by atoms with E-state index in [1.807, 2.05) is 0 Å². The van der Waals surface area contributed by atoms with Crippen molar-refractivity contribution >= 4 is 17.9 Å². The minimum absolute atomic E-state index is 0.0572. The Hall–Kier alpha value is -3.49. The van der Waals surface area contributed by atoms with E-state index >= 15 is 0 Å². The van der Waals surface area contributed by atoms with Crippen molar-refractivity contribution in [3.05, 3.63) is 47.9 Å². The van der Waals surface area contributed by atoms with Gasteiger partial charge in [0.25, 0.3) is 5.91 Å². The highest BCUT2D eigenvalue weighted by atomic mass is 16.5. The molecule has 0 aliphatic heterocycles. The molecule has 0 bridgehead atoms. The van der Waals surface area contributed by atoms with Crippen molar-refractivity contribution in [1.82, 2.24) is 10.6 Å². The van der Waals surface area contributed by atoms with Gasteiger partial charge in [-0.25, -0.2) is 4.79 Å². The van der Waals surface area contributed by atoms with Gasteiger partial charge < -0.3 is 23.9 Å². The zero-order chi connectivity index (χ0) is 19.6. The Balaban J connectivity index is 1.72. The van der Waals surface area contributed by atoms with Crippen molar-refractivity contribution in [1.29, 1.82) is 0 Å². The van der Waals surface area contributed by atoms with Crippen LogP contribution in [-0.2, 0) is 27.3 Å².